The normalized spacial score (nSPS) is 27.6. The van der Waals surface area contributed by atoms with Gasteiger partial charge >= 0.3 is 5.97 Å². The summed E-state index contributed by atoms with van der Waals surface area (Å²) in [5.41, 5.74) is 0.151. The SMILES string of the molecule is N#CC1(Nc2ccccc2)CC(C(=O)O)C1. The first-order valence-electron chi connectivity index (χ1n) is 5.12. The first kappa shape index (κ1) is 10.5. The topological polar surface area (TPSA) is 73.1 Å². The third-order valence-corrected chi connectivity index (χ3v) is 2.91. The molecule has 2 rings (SSSR count). The van der Waals surface area contributed by atoms with Gasteiger partial charge in [0.05, 0.1) is 12.0 Å². The average Bonchev–Trinajstić information content (AvgIpc) is 2.24. The molecule has 0 atom stereocenters. The van der Waals surface area contributed by atoms with Gasteiger partial charge in [-0.3, -0.25) is 4.79 Å². The molecule has 4 nitrogen and oxygen atoms in total. The van der Waals surface area contributed by atoms with Gasteiger partial charge in [0, 0.05) is 5.69 Å². The third kappa shape index (κ3) is 1.84. The Balaban J connectivity index is 2.05. The van der Waals surface area contributed by atoms with Crippen molar-refractivity contribution in [2.45, 2.75) is 18.4 Å². The van der Waals surface area contributed by atoms with Gasteiger partial charge < -0.3 is 10.4 Å². The van der Waals surface area contributed by atoms with Crippen molar-refractivity contribution in [3.05, 3.63) is 30.3 Å². The summed E-state index contributed by atoms with van der Waals surface area (Å²) in [4.78, 5) is 10.7. The van der Waals surface area contributed by atoms with Gasteiger partial charge in [-0.15, -0.1) is 0 Å². The zero-order valence-corrected chi connectivity index (χ0v) is 8.68. The van der Waals surface area contributed by atoms with Crippen LogP contribution in [0.3, 0.4) is 0 Å². The van der Waals surface area contributed by atoms with E-state index in [9.17, 15) is 4.79 Å². The maximum absolute atomic E-state index is 10.7. The summed E-state index contributed by atoms with van der Waals surface area (Å²) in [6, 6.07) is 11.6. The van der Waals surface area contributed by atoms with Gasteiger partial charge in [-0.05, 0) is 25.0 Å². The van der Waals surface area contributed by atoms with Crippen LogP contribution in [0.1, 0.15) is 12.8 Å². The van der Waals surface area contributed by atoms with E-state index in [2.05, 4.69) is 11.4 Å². The third-order valence-electron chi connectivity index (χ3n) is 2.91. The first-order chi connectivity index (χ1) is 7.65. The molecule has 0 aromatic heterocycles. The van der Waals surface area contributed by atoms with Crippen molar-refractivity contribution in [3.63, 3.8) is 0 Å². The van der Waals surface area contributed by atoms with E-state index in [1.54, 1.807) is 0 Å². The van der Waals surface area contributed by atoms with Crippen LogP contribution in [0.4, 0.5) is 5.69 Å². The molecule has 1 aromatic rings. The Labute approximate surface area is 93.5 Å². The molecule has 0 amide bonds. The van der Waals surface area contributed by atoms with Gasteiger partial charge in [-0.2, -0.15) is 5.26 Å². The molecule has 1 fully saturated rings. The van der Waals surface area contributed by atoms with Gasteiger partial charge in [0.2, 0.25) is 0 Å². The van der Waals surface area contributed by atoms with Gasteiger partial charge in [-0.25, -0.2) is 0 Å². The van der Waals surface area contributed by atoms with Crippen molar-refractivity contribution >= 4 is 11.7 Å². The lowest BCUT2D eigenvalue weighted by molar-refractivity contribution is -0.145. The predicted octanol–water partition coefficient (Wildman–Crippen LogP) is 1.86. The molecule has 0 heterocycles. The molecule has 1 aliphatic rings. The lowest BCUT2D eigenvalue weighted by atomic mass is 9.69. The summed E-state index contributed by atoms with van der Waals surface area (Å²) >= 11 is 0. The van der Waals surface area contributed by atoms with Crippen molar-refractivity contribution in [2.24, 2.45) is 5.92 Å². The number of hydrogen-bond acceptors (Lipinski definition) is 3. The molecular weight excluding hydrogens is 204 g/mol. The number of hydrogen-bond donors (Lipinski definition) is 2. The highest BCUT2D eigenvalue weighted by Gasteiger charge is 2.48. The number of carbonyl (C=O) groups is 1. The fourth-order valence-corrected chi connectivity index (χ4v) is 1.98. The number of para-hydroxylation sites is 1. The number of carboxylic acid groups (broad SMARTS) is 1. The Morgan fingerprint density at radius 3 is 2.56 bits per heavy atom. The predicted molar refractivity (Wildman–Crippen MR) is 58.8 cm³/mol. The van der Waals surface area contributed by atoms with Crippen molar-refractivity contribution < 1.29 is 9.90 Å². The maximum Gasteiger partial charge on any atom is 0.306 e. The van der Waals surface area contributed by atoms with Crippen LogP contribution in [0.25, 0.3) is 0 Å². The number of nitrogens with one attached hydrogen (secondary N) is 1. The number of aliphatic carboxylic acids is 1. The van der Waals surface area contributed by atoms with Crippen LogP contribution in [-0.4, -0.2) is 16.6 Å². The summed E-state index contributed by atoms with van der Waals surface area (Å²) in [6.07, 6.45) is 0.738. The van der Waals surface area contributed by atoms with Crippen LogP contribution in [-0.2, 0) is 4.79 Å². The largest absolute Gasteiger partial charge is 0.481 e. The molecule has 4 heteroatoms. The molecule has 2 N–H and O–H groups in total. The smallest absolute Gasteiger partial charge is 0.306 e. The number of nitrogens with zero attached hydrogens (tertiary/aromatic N) is 1. The van der Waals surface area contributed by atoms with Crippen LogP contribution in [0.15, 0.2) is 30.3 Å². The Hall–Kier alpha value is -2.02. The lowest BCUT2D eigenvalue weighted by Gasteiger charge is -2.41. The Bertz CT molecular complexity index is 430. The van der Waals surface area contributed by atoms with Gasteiger partial charge in [0.25, 0.3) is 0 Å². The first-order valence-corrected chi connectivity index (χ1v) is 5.12. The van der Waals surface area contributed by atoms with E-state index in [0.29, 0.717) is 12.8 Å². The summed E-state index contributed by atoms with van der Waals surface area (Å²) in [5, 5.41) is 21.0. The number of carboxylic acids is 1. The Morgan fingerprint density at radius 1 is 1.44 bits per heavy atom. The molecule has 1 aromatic carbocycles. The fourth-order valence-electron chi connectivity index (χ4n) is 1.98. The number of rotatable bonds is 3. The number of benzene rings is 1. The zero-order chi connectivity index (χ0) is 11.6. The van der Waals surface area contributed by atoms with Crippen LogP contribution in [0, 0.1) is 17.2 Å². The highest BCUT2D eigenvalue weighted by Crippen LogP contribution is 2.40. The second-order valence-electron chi connectivity index (χ2n) is 4.13. The van der Waals surface area contributed by atoms with E-state index in [-0.39, 0.29) is 0 Å². The summed E-state index contributed by atoms with van der Waals surface area (Å²) in [6.45, 7) is 0. The van der Waals surface area contributed by atoms with Crippen LogP contribution in [0.5, 0.6) is 0 Å². The van der Waals surface area contributed by atoms with Gasteiger partial charge in [-0.1, -0.05) is 18.2 Å². The molecule has 0 saturated heterocycles. The fraction of sp³-hybridized carbons (Fsp3) is 0.333. The molecule has 16 heavy (non-hydrogen) atoms. The minimum Gasteiger partial charge on any atom is -0.481 e. The molecule has 1 saturated carbocycles. The van der Waals surface area contributed by atoms with Crippen molar-refractivity contribution in [3.8, 4) is 6.07 Å². The molecule has 0 spiro atoms. The molecular formula is C12H12N2O2. The second-order valence-corrected chi connectivity index (χ2v) is 4.13. The lowest BCUT2D eigenvalue weighted by Crippen LogP contribution is -2.51. The van der Waals surface area contributed by atoms with E-state index in [0.717, 1.165) is 5.69 Å². The van der Waals surface area contributed by atoms with Gasteiger partial charge in [0.1, 0.15) is 5.54 Å². The molecule has 82 valence electrons. The van der Waals surface area contributed by atoms with E-state index < -0.39 is 17.4 Å². The number of nitriles is 1. The Morgan fingerprint density at radius 2 is 2.06 bits per heavy atom. The van der Waals surface area contributed by atoms with Crippen molar-refractivity contribution in [1.82, 2.24) is 0 Å². The standard InChI is InChI=1S/C12H12N2O2/c13-8-12(6-9(7-12)11(15)16)14-10-4-2-1-3-5-10/h1-5,9,14H,6-7H2,(H,15,16). The van der Waals surface area contributed by atoms with E-state index in [4.69, 9.17) is 10.4 Å². The van der Waals surface area contributed by atoms with E-state index in [1.165, 1.54) is 0 Å². The summed E-state index contributed by atoms with van der Waals surface area (Å²) in [5.74, 6) is -1.21. The van der Waals surface area contributed by atoms with Gasteiger partial charge in [0.15, 0.2) is 0 Å². The van der Waals surface area contributed by atoms with Crippen molar-refractivity contribution in [1.29, 1.82) is 5.26 Å². The maximum atomic E-state index is 10.7. The van der Waals surface area contributed by atoms with Crippen LogP contribution < -0.4 is 5.32 Å². The van der Waals surface area contributed by atoms with E-state index in [1.807, 2.05) is 30.3 Å². The highest BCUT2D eigenvalue weighted by atomic mass is 16.4. The minimum atomic E-state index is -0.819. The Kier molecular flexibility index (Phi) is 2.53. The average molecular weight is 216 g/mol. The highest BCUT2D eigenvalue weighted by molar-refractivity contribution is 5.73. The van der Waals surface area contributed by atoms with Crippen molar-refractivity contribution in [2.75, 3.05) is 5.32 Å². The minimum absolute atomic E-state index is 0.369. The molecule has 1 aliphatic carbocycles. The van der Waals surface area contributed by atoms with E-state index >= 15 is 0 Å². The van der Waals surface area contributed by atoms with Crippen LogP contribution >= 0.6 is 0 Å². The summed E-state index contributed by atoms with van der Waals surface area (Å²) < 4.78 is 0. The molecule has 0 radical (unpaired) electrons. The van der Waals surface area contributed by atoms with Crippen LogP contribution in [0.2, 0.25) is 0 Å². The second kappa shape index (κ2) is 3.86. The molecule has 0 bridgehead atoms. The zero-order valence-electron chi connectivity index (χ0n) is 8.68. The summed E-state index contributed by atoms with van der Waals surface area (Å²) in [7, 11) is 0. The molecule has 0 unspecified atom stereocenters. The number of anilines is 1. The quantitative estimate of drug-likeness (QED) is 0.808. The monoisotopic (exact) mass is 216 g/mol. The molecule has 0 aliphatic heterocycles.